The van der Waals surface area contributed by atoms with Crippen molar-refractivity contribution < 1.29 is 18.3 Å². The molecule has 0 atom stereocenters. The molecule has 0 aromatic heterocycles. The molecule has 0 radical (unpaired) electrons. The Kier molecular flexibility index (Phi) is 4.01. The Bertz CT molecular complexity index is 591. The van der Waals surface area contributed by atoms with Gasteiger partial charge in [0.15, 0.2) is 0 Å². The van der Waals surface area contributed by atoms with Crippen LogP contribution in [0.1, 0.15) is 26.2 Å². The Morgan fingerprint density at radius 3 is 2.30 bits per heavy atom. The summed E-state index contributed by atoms with van der Waals surface area (Å²) in [6, 6.07) is 6.11. The molecule has 1 aromatic rings. The average molecular weight is 298 g/mol. The van der Waals surface area contributed by atoms with Gasteiger partial charge in [0.05, 0.1) is 4.90 Å². The minimum atomic E-state index is -3.47. The van der Waals surface area contributed by atoms with E-state index >= 15 is 0 Å². The highest BCUT2D eigenvalue weighted by atomic mass is 32.2. The van der Waals surface area contributed by atoms with Gasteiger partial charge >= 0.3 is 5.97 Å². The fraction of sp³-hybridized carbons (Fsp3) is 0.462. The van der Waals surface area contributed by atoms with Gasteiger partial charge in [-0.15, -0.1) is 0 Å². The third-order valence-electron chi connectivity index (χ3n) is 3.50. The zero-order chi connectivity index (χ0) is 14.8. The first-order valence-corrected chi connectivity index (χ1v) is 7.99. The lowest BCUT2D eigenvalue weighted by Gasteiger charge is -2.39. The monoisotopic (exact) mass is 298 g/mol. The number of hydrogen-bond acceptors (Lipinski definition) is 4. The summed E-state index contributed by atoms with van der Waals surface area (Å²) < 4.78 is 26.0. The number of aliphatic carboxylic acids is 1. The van der Waals surface area contributed by atoms with Crippen molar-refractivity contribution in [1.29, 1.82) is 0 Å². The van der Waals surface area contributed by atoms with E-state index in [2.05, 4.69) is 10.0 Å². The van der Waals surface area contributed by atoms with Crippen LogP contribution in [0.5, 0.6) is 0 Å². The molecule has 0 aliphatic heterocycles. The Balaban J connectivity index is 2.15. The zero-order valence-electron chi connectivity index (χ0n) is 11.2. The van der Waals surface area contributed by atoms with Crippen molar-refractivity contribution in [3.63, 3.8) is 0 Å². The highest BCUT2D eigenvalue weighted by Crippen LogP contribution is 2.35. The average Bonchev–Trinajstić information content (AvgIpc) is 2.34. The maximum atomic E-state index is 11.8. The third-order valence-corrected chi connectivity index (χ3v) is 5.06. The molecule has 0 saturated heterocycles. The van der Waals surface area contributed by atoms with Gasteiger partial charge < -0.3 is 10.4 Å². The molecule has 1 fully saturated rings. The van der Waals surface area contributed by atoms with E-state index in [-0.39, 0.29) is 4.90 Å². The molecule has 0 amide bonds. The molecule has 1 aliphatic rings. The lowest BCUT2D eigenvalue weighted by Crippen LogP contribution is -2.52. The van der Waals surface area contributed by atoms with Crippen LogP contribution in [-0.4, -0.2) is 31.6 Å². The normalized spacial score (nSPS) is 17.2. The molecule has 3 N–H and O–H groups in total. The first kappa shape index (κ1) is 14.8. The van der Waals surface area contributed by atoms with Gasteiger partial charge in [-0.1, -0.05) is 6.92 Å². The van der Waals surface area contributed by atoms with Crippen molar-refractivity contribution in [3.05, 3.63) is 24.3 Å². The van der Waals surface area contributed by atoms with Crippen molar-refractivity contribution in [3.8, 4) is 0 Å². The smallest absolute Gasteiger partial charge is 0.329 e. The number of carboxylic acid groups (broad SMARTS) is 1. The molecule has 20 heavy (non-hydrogen) atoms. The molecule has 0 unspecified atom stereocenters. The van der Waals surface area contributed by atoms with Crippen molar-refractivity contribution in [2.45, 2.75) is 36.6 Å². The van der Waals surface area contributed by atoms with Gasteiger partial charge in [0.25, 0.3) is 0 Å². The number of carboxylic acids is 1. The lowest BCUT2D eigenvalue weighted by molar-refractivity contribution is -0.145. The van der Waals surface area contributed by atoms with Crippen LogP contribution in [-0.2, 0) is 14.8 Å². The summed E-state index contributed by atoms with van der Waals surface area (Å²) in [6.07, 6.45) is 2.05. The first-order chi connectivity index (χ1) is 9.39. The summed E-state index contributed by atoms with van der Waals surface area (Å²) in [5.41, 5.74) is -0.287. The summed E-state index contributed by atoms with van der Waals surface area (Å²) in [6.45, 7) is 2.03. The molecule has 0 spiro atoms. The maximum absolute atomic E-state index is 11.8. The summed E-state index contributed by atoms with van der Waals surface area (Å²) >= 11 is 0. The van der Waals surface area contributed by atoms with Gasteiger partial charge in [0.2, 0.25) is 10.0 Å². The van der Waals surface area contributed by atoms with E-state index in [9.17, 15) is 18.3 Å². The van der Waals surface area contributed by atoms with Gasteiger partial charge in [-0.25, -0.2) is 17.9 Å². The Morgan fingerprint density at radius 1 is 1.30 bits per heavy atom. The number of carbonyl (C=O) groups is 1. The van der Waals surface area contributed by atoms with Gasteiger partial charge in [0.1, 0.15) is 5.54 Å². The summed E-state index contributed by atoms with van der Waals surface area (Å²) in [5, 5.41) is 12.2. The summed E-state index contributed by atoms with van der Waals surface area (Å²) in [5.74, 6) is -0.868. The molecule has 0 heterocycles. The topological polar surface area (TPSA) is 95.5 Å². The van der Waals surface area contributed by atoms with Crippen molar-refractivity contribution in [1.82, 2.24) is 4.72 Å². The van der Waals surface area contributed by atoms with E-state index in [1.54, 1.807) is 19.1 Å². The molecule has 0 bridgehead atoms. The van der Waals surface area contributed by atoms with E-state index in [1.165, 1.54) is 12.1 Å². The number of hydrogen-bond donors (Lipinski definition) is 3. The van der Waals surface area contributed by atoms with Gasteiger partial charge in [-0.05, 0) is 43.5 Å². The molecule has 1 saturated carbocycles. The predicted molar refractivity (Wildman–Crippen MR) is 75.1 cm³/mol. The Hall–Kier alpha value is -1.60. The van der Waals surface area contributed by atoms with Gasteiger partial charge in [-0.3, -0.25) is 0 Å². The fourth-order valence-electron chi connectivity index (χ4n) is 2.19. The van der Waals surface area contributed by atoms with Crippen LogP contribution in [0.15, 0.2) is 29.2 Å². The van der Waals surface area contributed by atoms with Crippen molar-refractivity contribution in [2.75, 3.05) is 11.9 Å². The van der Waals surface area contributed by atoms with Crippen LogP contribution in [0, 0.1) is 0 Å². The molecule has 1 aliphatic carbocycles. The van der Waals surface area contributed by atoms with Crippen LogP contribution >= 0.6 is 0 Å². The molecule has 2 rings (SSSR count). The largest absolute Gasteiger partial charge is 0.480 e. The van der Waals surface area contributed by atoms with E-state index in [1.807, 2.05) is 0 Å². The Morgan fingerprint density at radius 2 is 1.90 bits per heavy atom. The summed E-state index contributed by atoms with van der Waals surface area (Å²) in [7, 11) is -3.47. The van der Waals surface area contributed by atoms with Crippen LogP contribution in [0.2, 0.25) is 0 Å². The van der Waals surface area contributed by atoms with E-state index in [4.69, 9.17) is 0 Å². The number of rotatable bonds is 6. The second-order valence-corrected chi connectivity index (χ2v) is 6.66. The standard InChI is InChI=1S/C13H18N2O4S/c1-2-14-20(18,19)11-6-4-10(5-7-11)15-13(12(16)17)8-3-9-13/h4-7,14-15H,2-3,8-9H2,1H3,(H,16,17). The number of nitrogens with one attached hydrogen (secondary N) is 2. The molecule has 1 aromatic carbocycles. The summed E-state index contributed by atoms with van der Waals surface area (Å²) in [4.78, 5) is 11.4. The fourth-order valence-corrected chi connectivity index (χ4v) is 3.23. The third kappa shape index (κ3) is 2.78. The molecule has 7 heteroatoms. The van der Waals surface area contributed by atoms with E-state index in [0.29, 0.717) is 25.1 Å². The van der Waals surface area contributed by atoms with Crippen LogP contribution in [0.25, 0.3) is 0 Å². The van der Waals surface area contributed by atoms with Gasteiger partial charge in [-0.2, -0.15) is 0 Å². The highest BCUT2D eigenvalue weighted by Gasteiger charge is 2.44. The number of sulfonamides is 1. The van der Waals surface area contributed by atoms with Crippen molar-refractivity contribution in [2.24, 2.45) is 0 Å². The molecular formula is C13H18N2O4S. The van der Waals surface area contributed by atoms with Crippen LogP contribution < -0.4 is 10.0 Å². The SMILES string of the molecule is CCNS(=O)(=O)c1ccc(NC2(C(=O)O)CCC2)cc1. The molecular weight excluding hydrogens is 280 g/mol. The Labute approximate surface area is 118 Å². The van der Waals surface area contributed by atoms with Crippen LogP contribution in [0.4, 0.5) is 5.69 Å². The number of benzene rings is 1. The number of anilines is 1. The quantitative estimate of drug-likeness (QED) is 0.738. The lowest BCUT2D eigenvalue weighted by atomic mass is 9.76. The molecule has 6 nitrogen and oxygen atoms in total. The maximum Gasteiger partial charge on any atom is 0.329 e. The van der Waals surface area contributed by atoms with Crippen molar-refractivity contribution >= 4 is 21.7 Å². The minimum absolute atomic E-state index is 0.169. The minimum Gasteiger partial charge on any atom is -0.480 e. The van der Waals surface area contributed by atoms with Crippen LogP contribution in [0.3, 0.4) is 0 Å². The van der Waals surface area contributed by atoms with E-state index < -0.39 is 21.5 Å². The first-order valence-electron chi connectivity index (χ1n) is 6.51. The van der Waals surface area contributed by atoms with E-state index in [0.717, 1.165) is 6.42 Å². The van der Waals surface area contributed by atoms with Gasteiger partial charge in [0, 0.05) is 12.2 Å². The second-order valence-electron chi connectivity index (χ2n) is 4.89. The zero-order valence-corrected chi connectivity index (χ0v) is 12.0. The predicted octanol–water partition coefficient (Wildman–Crippen LogP) is 1.40. The second kappa shape index (κ2) is 5.41. The molecule has 110 valence electrons. The highest BCUT2D eigenvalue weighted by molar-refractivity contribution is 7.89.